The molecule has 0 heterocycles. The van der Waals surface area contributed by atoms with Crippen molar-refractivity contribution in [2.24, 2.45) is 0 Å². The quantitative estimate of drug-likeness (QED) is 0.805. The summed E-state index contributed by atoms with van der Waals surface area (Å²) in [6.45, 7) is 2.71. The minimum atomic E-state index is -0.472. The zero-order valence-corrected chi connectivity index (χ0v) is 15.5. The number of carbonyl (C=O) groups excluding carboxylic acids is 1. The topological polar surface area (TPSA) is 41.6 Å². The summed E-state index contributed by atoms with van der Waals surface area (Å²) in [6, 6.07) is 10.4. The standard InChI is InChI=1S/C18H20BrFN2O2/c1-12-4-7-17(24-3)13(8-12)10-22(2)11-18(23)21-16-6-5-14(19)9-15(16)20/h4-9H,10-11H2,1-3H3,(H,21,23). The van der Waals surface area contributed by atoms with Gasteiger partial charge in [0.05, 0.1) is 19.3 Å². The van der Waals surface area contributed by atoms with Crippen molar-refractivity contribution < 1.29 is 13.9 Å². The van der Waals surface area contributed by atoms with E-state index in [4.69, 9.17) is 4.74 Å². The molecule has 0 aliphatic carbocycles. The van der Waals surface area contributed by atoms with Gasteiger partial charge in [0.15, 0.2) is 0 Å². The molecule has 0 unspecified atom stereocenters. The second-order valence-electron chi connectivity index (χ2n) is 5.66. The van der Waals surface area contributed by atoms with Gasteiger partial charge in [-0.25, -0.2) is 4.39 Å². The molecule has 4 nitrogen and oxygen atoms in total. The first-order chi connectivity index (χ1) is 11.4. The Hall–Kier alpha value is -1.92. The third-order valence-corrected chi connectivity index (χ3v) is 3.99. The molecule has 0 saturated carbocycles. The van der Waals surface area contributed by atoms with E-state index in [1.807, 2.05) is 37.1 Å². The molecule has 1 N–H and O–H groups in total. The molecule has 0 aromatic heterocycles. The van der Waals surface area contributed by atoms with Crippen molar-refractivity contribution in [3.8, 4) is 5.75 Å². The molecule has 128 valence electrons. The number of carbonyl (C=O) groups is 1. The minimum Gasteiger partial charge on any atom is -0.496 e. The molecule has 6 heteroatoms. The number of amides is 1. The van der Waals surface area contributed by atoms with Crippen LogP contribution in [0.5, 0.6) is 5.75 Å². The summed E-state index contributed by atoms with van der Waals surface area (Å²) in [4.78, 5) is 14.0. The van der Waals surface area contributed by atoms with Crippen LogP contribution in [0.25, 0.3) is 0 Å². The van der Waals surface area contributed by atoms with E-state index in [2.05, 4.69) is 21.2 Å². The van der Waals surface area contributed by atoms with Gasteiger partial charge in [-0.05, 0) is 38.2 Å². The van der Waals surface area contributed by atoms with Crippen LogP contribution in [-0.4, -0.2) is 31.5 Å². The Morgan fingerprint density at radius 1 is 1.29 bits per heavy atom. The fourth-order valence-corrected chi connectivity index (χ4v) is 2.74. The summed E-state index contributed by atoms with van der Waals surface area (Å²) in [5.74, 6) is 0.0397. The molecular formula is C18H20BrFN2O2. The van der Waals surface area contributed by atoms with Crippen LogP contribution in [0, 0.1) is 12.7 Å². The number of hydrogen-bond acceptors (Lipinski definition) is 3. The van der Waals surface area contributed by atoms with Crippen molar-refractivity contribution in [2.75, 3.05) is 26.0 Å². The monoisotopic (exact) mass is 394 g/mol. The number of nitrogens with one attached hydrogen (secondary N) is 1. The average molecular weight is 395 g/mol. The van der Waals surface area contributed by atoms with Crippen LogP contribution < -0.4 is 10.1 Å². The van der Waals surface area contributed by atoms with Crippen LogP contribution in [-0.2, 0) is 11.3 Å². The molecular weight excluding hydrogens is 375 g/mol. The predicted molar refractivity (Wildman–Crippen MR) is 96.8 cm³/mol. The molecule has 0 radical (unpaired) electrons. The maximum atomic E-state index is 13.8. The van der Waals surface area contributed by atoms with Gasteiger partial charge in [-0.3, -0.25) is 9.69 Å². The fourth-order valence-electron chi connectivity index (χ4n) is 2.40. The number of likely N-dealkylation sites (N-methyl/N-ethyl adjacent to an activating group) is 1. The van der Waals surface area contributed by atoms with Gasteiger partial charge in [-0.2, -0.15) is 0 Å². The third kappa shape index (κ3) is 5.04. The zero-order chi connectivity index (χ0) is 17.7. The Morgan fingerprint density at radius 2 is 2.04 bits per heavy atom. The lowest BCUT2D eigenvalue weighted by atomic mass is 10.1. The van der Waals surface area contributed by atoms with Gasteiger partial charge in [-0.1, -0.05) is 33.6 Å². The van der Waals surface area contributed by atoms with Crippen LogP contribution >= 0.6 is 15.9 Å². The van der Waals surface area contributed by atoms with Crippen molar-refractivity contribution in [3.05, 3.63) is 57.8 Å². The molecule has 0 aliphatic heterocycles. The SMILES string of the molecule is COc1ccc(C)cc1CN(C)CC(=O)Nc1ccc(Br)cc1F. The Labute approximate surface area is 149 Å². The number of hydrogen-bond donors (Lipinski definition) is 1. The van der Waals surface area contributed by atoms with Gasteiger partial charge in [-0.15, -0.1) is 0 Å². The predicted octanol–water partition coefficient (Wildman–Crippen LogP) is 3.98. The molecule has 2 aromatic carbocycles. The molecule has 2 aromatic rings. The summed E-state index contributed by atoms with van der Waals surface area (Å²) in [7, 11) is 3.45. The number of aryl methyl sites for hydroxylation is 1. The maximum absolute atomic E-state index is 13.8. The average Bonchev–Trinajstić information content (AvgIpc) is 2.50. The molecule has 0 fully saturated rings. The largest absolute Gasteiger partial charge is 0.496 e. The summed E-state index contributed by atoms with van der Waals surface area (Å²) in [5.41, 5.74) is 2.30. The zero-order valence-electron chi connectivity index (χ0n) is 13.9. The Bertz CT molecular complexity index is 737. The second-order valence-corrected chi connectivity index (χ2v) is 6.58. The van der Waals surface area contributed by atoms with Crippen LogP contribution in [0.4, 0.5) is 10.1 Å². The summed E-state index contributed by atoms with van der Waals surface area (Å²) >= 11 is 3.19. The highest BCUT2D eigenvalue weighted by Gasteiger charge is 2.12. The fraction of sp³-hybridized carbons (Fsp3) is 0.278. The molecule has 0 bridgehead atoms. The number of methoxy groups -OCH3 is 1. The highest BCUT2D eigenvalue weighted by molar-refractivity contribution is 9.10. The van der Waals surface area contributed by atoms with Crippen LogP contribution in [0.15, 0.2) is 40.9 Å². The van der Waals surface area contributed by atoms with E-state index in [9.17, 15) is 9.18 Å². The van der Waals surface area contributed by atoms with Gasteiger partial charge in [0.1, 0.15) is 11.6 Å². The lowest BCUT2D eigenvalue weighted by molar-refractivity contribution is -0.117. The molecule has 1 amide bonds. The molecule has 24 heavy (non-hydrogen) atoms. The second kappa shape index (κ2) is 8.26. The van der Waals surface area contributed by atoms with E-state index in [0.29, 0.717) is 11.0 Å². The Balaban J connectivity index is 1.98. The Kier molecular flexibility index (Phi) is 6.34. The molecule has 0 atom stereocenters. The molecule has 2 rings (SSSR count). The number of benzene rings is 2. The number of nitrogens with zero attached hydrogens (tertiary/aromatic N) is 1. The van der Waals surface area contributed by atoms with Gasteiger partial charge in [0.2, 0.25) is 5.91 Å². The lowest BCUT2D eigenvalue weighted by Crippen LogP contribution is -2.30. The summed E-state index contributed by atoms with van der Waals surface area (Å²) in [5, 5.41) is 2.59. The van der Waals surface area contributed by atoms with Crippen LogP contribution in [0.3, 0.4) is 0 Å². The van der Waals surface area contributed by atoms with E-state index >= 15 is 0 Å². The number of rotatable bonds is 6. The van der Waals surface area contributed by atoms with Gasteiger partial charge < -0.3 is 10.1 Å². The number of anilines is 1. The maximum Gasteiger partial charge on any atom is 0.238 e. The smallest absolute Gasteiger partial charge is 0.238 e. The number of ether oxygens (including phenoxy) is 1. The van der Waals surface area contributed by atoms with E-state index in [0.717, 1.165) is 16.9 Å². The highest BCUT2D eigenvalue weighted by atomic mass is 79.9. The first-order valence-corrected chi connectivity index (χ1v) is 8.25. The summed E-state index contributed by atoms with van der Waals surface area (Å²) in [6.07, 6.45) is 0. The normalized spacial score (nSPS) is 10.8. The Morgan fingerprint density at radius 3 is 2.71 bits per heavy atom. The molecule has 0 saturated heterocycles. The van der Waals surface area contributed by atoms with Crippen molar-refractivity contribution in [2.45, 2.75) is 13.5 Å². The van der Waals surface area contributed by atoms with Crippen LogP contribution in [0.2, 0.25) is 0 Å². The van der Waals surface area contributed by atoms with E-state index in [1.54, 1.807) is 13.2 Å². The van der Waals surface area contributed by atoms with Gasteiger partial charge in [0.25, 0.3) is 0 Å². The van der Waals surface area contributed by atoms with E-state index in [-0.39, 0.29) is 18.1 Å². The lowest BCUT2D eigenvalue weighted by Gasteiger charge is -2.18. The van der Waals surface area contributed by atoms with Gasteiger partial charge >= 0.3 is 0 Å². The van der Waals surface area contributed by atoms with Crippen molar-refractivity contribution >= 4 is 27.5 Å². The van der Waals surface area contributed by atoms with Crippen LogP contribution in [0.1, 0.15) is 11.1 Å². The molecule has 0 aliphatic rings. The first-order valence-electron chi connectivity index (χ1n) is 7.46. The first kappa shape index (κ1) is 18.4. The van der Waals surface area contributed by atoms with Crippen molar-refractivity contribution in [1.82, 2.24) is 4.90 Å². The van der Waals surface area contributed by atoms with Crippen molar-refractivity contribution in [3.63, 3.8) is 0 Å². The molecule has 0 spiro atoms. The van der Waals surface area contributed by atoms with E-state index < -0.39 is 5.82 Å². The van der Waals surface area contributed by atoms with Gasteiger partial charge in [0, 0.05) is 16.6 Å². The minimum absolute atomic E-state index is 0.145. The summed E-state index contributed by atoms with van der Waals surface area (Å²) < 4.78 is 19.7. The van der Waals surface area contributed by atoms with E-state index in [1.165, 1.54) is 12.1 Å². The van der Waals surface area contributed by atoms with Crippen molar-refractivity contribution in [1.29, 1.82) is 0 Å². The highest BCUT2D eigenvalue weighted by Crippen LogP contribution is 2.21. The third-order valence-electron chi connectivity index (χ3n) is 3.49. The number of halogens is 2.